The van der Waals surface area contributed by atoms with Crippen LogP contribution in [-0.2, 0) is 14.9 Å². The van der Waals surface area contributed by atoms with E-state index in [9.17, 15) is 4.79 Å². The van der Waals surface area contributed by atoms with Gasteiger partial charge in [0.05, 0.1) is 12.5 Å². The number of ether oxygens (including phenoxy) is 2. The maximum Gasteiger partial charge on any atom is 0.317 e. The molecule has 17 heavy (non-hydrogen) atoms. The van der Waals surface area contributed by atoms with Gasteiger partial charge in [-0.1, -0.05) is 12.1 Å². The zero-order valence-electron chi connectivity index (χ0n) is 10.2. The third-order valence-electron chi connectivity index (χ3n) is 3.13. The van der Waals surface area contributed by atoms with E-state index in [0.717, 1.165) is 24.2 Å². The van der Waals surface area contributed by atoms with Crippen molar-refractivity contribution in [2.24, 2.45) is 0 Å². The van der Waals surface area contributed by atoms with Gasteiger partial charge in [-0.15, -0.1) is 0 Å². The first-order valence-corrected chi connectivity index (χ1v) is 5.69. The lowest BCUT2D eigenvalue weighted by molar-refractivity contribution is -0.147. The van der Waals surface area contributed by atoms with Gasteiger partial charge < -0.3 is 9.47 Å². The van der Waals surface area contributed by atoms with Crippen LogP contribution in [0.4, 0.5) is 0 Å². The minimum Gasteiger partial charge on any atom is -0.497 e. The molecule has 0 heterocycles. The van der Waals surface area contributed by atoms with Crippen molar-refractivity contribution >= 4 is 5.97 Å². The van der Waals surface area contributed by atoms with Gasteiger partial charge in [-0.05, 0) is 37.6 Å². The largest absolute Gasteiger partial charge is 0.497 e. The summed E-state index contributed by atoms with van der Waals surface area (Å²) in [5.41, 5.74) is 0.600. The smallest absolute Gasteiger partial charge is 0.317 e. The average molecular weight is 235 g/mol. The van der Waals surface area contributed by atoms with Crippen LogP contribution in [0, 0.1) is 0 Å². The van der Waals surface area contributed by atoms with E-state index in [-0.39, 0.29) is 12.7 Å². The molecule has 0 saturated heterocycles. The second kappa shape index (κ2) is 4.75. The molecule has 0 amide bonds. The predicted molar refractivity (Wildman–Crippen MR) is 63.9 cm³/mol. The molecule has 92 valence electrons. The molecule has 1 fully saturated rings. The Hall–Kier alpha value is -1.55. The first-order chi connectivity index (χ1) is 8.23. The van der Waals surface area contributed by atoms with Gasteiger partial charge in [0, 0.05) is 0 Å². The topological polar surface area (TPSA) is 47.6 Å². The molecule has 0 bridgehead atoms. The molecule has 1 saturated carbocycles. The number of hydrogen-bond acceptors (Lipinski definition) is 4. The maximum atomic E-state index is 11.9. The van der Waals surface area contributed by atoms with Gasteiger partial charge in [-0.25, -0.2) is 0 Å². The van der Waals surface area contributed by atoms with Crippen molar-refractivity contribution in [2.45, 2.75) is 18.3 Å². The molecule has 0 atom stereocenters. The number of nitrogens with one attached hydrogen (secondary N) is 1. The van der Waals surface area contributed by atoms with Gasteiger partial charge >= 0.3 is 5.97 Å². The van der Waals surface area contributed by atoms with Crippen LogP contribution in [-0.4, -0.2) is 26.9 Å². The molecule has 1 aromatic carbocycles. The van der Waals surface area contributed by atoms with E-state index in [1.165, 1.54) is 0 Å². The van der Waals surface area contributed by atoms with Crippen LogP contribution in [0.3, 0.4) is 0 Å². The molecule has 1 aromatic rings. The molecule has 1 aliphatic carbocycles. The van der Waals surface area contributed by atoms with Crippen LogP contribution in [0.25, 0.3) is 0 Å². The second-order valence-corrected chi connectivity index (χ2v) is 4.24. The summed E-state index contributed by atoms with van der Waals surface area (Å²) in [5.74, 6) is 0.658. The van der Waals surface area contributed by atoms with Gasteiger partial charge in [0.15, 0.2) is 0 Å². The molecule has 0 unspecified atom stereocenters. The van der Waals surface area contributed by atoms with Crippen LogP contribution >= 0.6 is 0 Å². The van der Waals surface area contributed by atoms with E-state index in [2.05, 4.69) is 5.32 Å². The van der Waals surface area contributed by atoms with Gasteiger partial charge in [0.25, 0.3) is 0 Å². The normalized spacial score (nSPS) is 16.4. The lowest BCUT2D eigenvalue weighted by Gasteiger charge is -2.15. The maximum absolute atomic E-state index is 11.9. The quantitative estimate of drug-likeness (QED) is 0.620. The Morgan fingerprint density at radius 2 is 2.00 bits per heavy atom. The minimum absolute atomic E-state index is 0.142. The average Bonchev–Trinajstić information content (AvgIpc) is 3.17. The summed E-state index contributed by atoms with van der Waals surface area (Å²) in [4.78, 5) is 11.9. The number of esters is 1. The van der Waals surface area contributed by atoms with Crippen LogP contribution in [0.5, 0.6) is 5.75 Å². The highest BCUT2D eigenvalue weighted by Gasteiger charge is 2.52. The summed E-state index contributed by atoms with van der Waals surface area (Å²) in [6.45, 7) is 0.261. The van der Waals surface area contributed by atoms with Crippen LogP contribution < -0.4 is 10.1 Å². The zero-order chi connectivity index (χ0) is 12.3. The number of carbonyl (C=O) groups excluding carboxylic acids is 1. The Balaban J connectivity index is 2.11. The fourth-order valence-corrected chi connectivity index (χ4v) is 1.92. The molecule has 2 rings (SSSR count). The van der Waals surface area contributed by atoms with E-state index in [1.54, 1.807) is 14.2 Å². The number of methoxy groups -OCH3 is 1. The Morgan fingerprint density at radius 3 is 2.47 bits per heavy atom. The molecule has 0 radical (unpaired) electrons. The lowest BCUT2D eigenvalue weighted by Crippen LogP contribution is -2.26. The Labute approximate surface area is 101 Å². The van der Waals surface area contributed by atoms with Gasteiger partial charge in [-0.3, -0.25) is 10.1 Å². The SMILES string of the molecule is CNCOC(=O)C1(c2ccc(OC)cc2)CC1. The first-order valence-electron chi connectivity index (χ1n) is 5.69. The van der Waals surface area contributed by atoms with Crippen molar-refractivity contribution in [1.82, 2.24) is 5.32 Å². The monoisotopic (exact) mass is 235 g/mol. The van der Waals surface area contributed by atoms with Crippen molar-refractivity contribution in [1.29, 1.82) is 0 Å². The summed E-state index contributed by atoms with van der Waals surface area (Å²) in [7, 11) is 3.38. The molecular formula is C13H17NO3. The van der Waals surface area contributed by atoms with Gasteiger partial charge in [-0.2, -0.15) is 0 Å². The van der Waals surface area contributed by atoms with E-state index >= 15 is 0 Å². The van der Waals surface area contributed by atoms with E-state index in [4.69, 9.17) is 9.47 Å². The van der Waals surface area contributed by atoms with Crippen LogP contribution in [0.1, 0.15) is 18.4 Å². The molecule has 0 spiro atoms. The molecule has 0 aromatic heterocycles. The fourth-order valence-electron chi connectivity index (χ4n) is 1.92. The standard InChI is InChI=1S/C13H17NO3/c1-14-9-17-12(15)13(7-8-13)10-3-5-11(16-2)6-4-10/h3-6,14H,7-9H2,1-2H3. The minimum atomic E-state index is -0.414. The zero-order valence-corrected chi connectivity index (χ0v) is 10.2. The summed E-state index contributed by atoms with van der Waals surface area (Å²) in [5, 5.41) is 2.81. The second-order valence-electron chi connectivity index (χ2n) is 4.24. The van der Waals surface area contributed by atoms with E-state index in [0.29, 0.717) is 0 Å². The molecule has 1 N–H and O–H groups in total. The summed E-state index contributed by atoms with van der Waals surface area (Å²) < 4.78 is 10.2. The summed E-state index contributed by atoms with van der Waals surface area (Å²) in [6, 6.07) is 7.63. The predicted octanol–water partition coefficient (Wildman–Crippen LogP) is 1.45. The number of hydrogen-bond donors (Lipinski definition) is 1. The Bertz CT molecular complexity index is 396. The fraction of sp³-hybridized carbons (Fsp3) is 0.462. The Kier molecular flexibility index (Phi) is 3.33. The summed E-state index contributed by atoms with van der Waals surface area (Å²) >= 11 is 0. The van der Waals surface area contributed by atoms with Crippen molar-refractivity contribution in [2.75, 3.05) is 20.9 Å². The van der Waals surface area contributed by atoms with Crippen LogP contribution in [0.2, 0.25) is 0 Å². The Morgan fingerprint density at radius 1 is 1.35 bits per heavy atom. The number of carbonyl (C=O) groups is 1. The highest BCUT2D eigenvalue weighted by molar-refractivity contribution is 5.86. The third-order valence-corrected chi connectivity index (χ3v) is 3.13. The van der Waals surface area contributed by atoms with Gasteiger partial charge in [0.2, 0.25) is 0 Å². The molecule has 1 aliphatic rings. The number of benzene rings is 1. The number of rotatable bonds is 5. The first kappa shape index (κ1) is 11.9. The lowest BCUT2D eigenvalue weighted by atomic mass is 9.96. The molecular weight excluding hydrogens is 218 g/mol. The van der Waals surface area contributed by atoms with Crippen molar-refractivity contribution in [3.05, 3.63) is 29.8 Å². The van der Waals surface area contributed by atoms with E-state index in [1.807, 2.05) is 24.3 Å². The van der Waals surface area contributed by atoms with E-state index < -0.39 is 5.41 Å². The van der Waals surface area contributed by atoms with Crippen molar-refractivity contribution < 1.29 is 14.3 Å². The third kappa shape index (κ3) is 2.26. The van der Waals surface area contributed by atoms with Crippen LogP contribution in [0.15, 0.2) is 24.3 Å². The van der Waals surface area contributed by atoms with Crippen molar-refractivity contribution in [3.63, 3.8) is 0 Å². The molecule has 4 nitrogen and oxygen atoms in total. The highest BCUT2D eigenvalue weighted by Crippen LogP contribution is 2.49. The van der Waals surface area contributed by atoms with Crippen molar-refractivity contribution in [3.8, 4) is 5.75 Å². The molecule has 4 heteroatoms. The highest BCUT2D eigenvalue weighted by atomic mass is 16.5. The van der Waals surface area contributed by atoms with Gasteiger partial charge in [0.1, 0.15) is 12.5 Å². The summed E-state index contributed by atoms with van der Waals surface area (Å²) in [6.07, 6.45) is 1.73. The molecule has 0 aliphatic heterocycles.